The summed E-state index contributed by atoms with van der Waals surface area (Å²) in [6.45, 7) is 1.22. The maximum Gasteiger partial charge on any atom is 0.251 e. The Morgan fingerprint density at radius 1 is 1.41 bits per heavy atom. The van der Waals surface area contributed by atoms with Crippen LogP contribution in [0.2, 0.25) is 0 Å². The van der Waals surface area contributed by atoms with Crippen LogP contribution in [0.4, 0.5) is 0 Å². The van der Waals surface area contributed by atoms with Gasteiger partial charge >= 0.3 is 0 Å². The number of hydrogen-bond donors (Lipinski definition) is 3. The third-order valence-corrected chi connectivity index (χ3v) is 2.75. The van der Waals surface area contributed by atoms with Crippen molar-refractivity contribution in [1.82, 2.24) is 5.32 Å². The molecular weight excluding hydrogens is 222 g/mol. The minimum atomic E-state index is -0.297. The molecule has 0 spiro atoms. The summed E-state index contributed by atoms with van der Waals surface area (Å²) in [6.07, 6.45) is 2.08. The molecular formula is C12H15NO4. The summed E-state index contributed by atoms with van der Waals surface area (Å²) in [4.78, 5) is 11.7. The van der Waals surface area contributed by atoms with Crippen molar-refractivity contribution in [1.29, 1.82) is 0 Å². The number of hydrogen-bond acceptors (Lipinski definition) is 4. The van der Waals surface area contributed by atoms with E-state index in [0.717, 1.165) is 19.4 Å². The minimum absolute atomic E-state index is 0.0876. The average molecular weight is 237 g/mol. The van der Waals surface area contributed by atoms with Gasteiger partial charge in [0.2, 0.25) is 0 Å². The van der Waals surface area contributed by atoms with Gasteiger partial charge in [0.1, 0.15) is 0 Å². The zero-order valence-corrected chi connectivity index (χ0v) is 9.35. The van der Waals surface area contributed by atoms with Gasteiger partial charge in [0.05, 0.1) is 6.10 Å². The molecule has 0 aromatic heterocycles. The fourth-order valence-corrected chi connectivity index (χ4v) is 1.78. The Morgan fingerprint density at radius 3 is 2.88 bits per heavy atom. The van der Waals surface area contributed by atoms with Gasteiger partial charge in [-0.15, -0.1) is 0 Å². The zero-order valence-electron chi connectivity index (χ0n) is 9.35. The second-order valence-electron chi connectivity index (χ2n) is 4.05. The fourth-order valence-electron chi connectivity index (χ4n) is 1.78. The number of carbonyl (C=O) groups is 1. The SMILES string of the molecule is O=C(NCC1CCCO1)c1ccc(O)c(O)c1. The maximum atomic E-state index is 11.7. The van der Waals surface area contributed by atoms with Gasteiger partial charge in [-0.1, -0.05) is 0 Å². The molecule has 1 aliphatic heterocycles. The highest BCUT2D eigenvalue weighted by molar-refractivity contribution is 5.94. The quantitative estimate of drug-likeness (QED) is 0.685. The lowest BCUT2D eigenvalue weighted by Crippen LogP contribution is -2.31. The van der Waals surface area contributed by atoms with E-state index in [1.54, 1.807) is 0 Å². The van der Waals surface area contributed by atoms with Gasteiger partial charge in [0, 0.05) is 18.7 Å². The molecule has 1 heterocycles. The van der Waals surface area contributed by atoms with E-state index in [2.05, 4.69) is 5.32 Å². The highest BCUT2D eigenvalue weighted by Crippen LogP contribution is 2.24. The Kier molecular flexibility index (Phi) is 3.49. The van der Waals surface area contributed by atoms with Crippen molar-refractivity contribution < 1.29 is 19.7 Å². The number of nitrogens with one attached hydrogen (secondary N) is 1. The monoisotopic (exact) mass is 237 g/mol. The molecule has 1 aromatic rings. The number of rotatable bonds is 3. The first-order chi connectivity index (χ1) is 8.16. The van der Waals surface area contributed by atoms with Crippen LogP contribution in [0, 0.1) is 0 Å². The van der Waals surface area contributed by atoms with E-state index in [1.165, 1.54) is 18.2 Å². The summed E-state index contributed by atoms with van der Waals surface area (Å²) >= 11 is 0. The Hall–Kier alpha value is -1.75. The average Bonchev–Trinajstić information content (AvgIpc) is 2.82. The van der Waals surface area contributed by atoms with Crippen LogP contribution in [0.25, 0.3) is 0 Å². The topological polar surface area (TPSA) is 78.8 Å². The van der Waals surface area contributed by atoms with Crippen LogP contribution in [0.15, 0.2) is 18.2 Å². The van der Waals surface area contributed by atoms with Crippen molar-refractivity contribution in [3.05, 3.63) is 23.8 Å². The molecule has 1 atom stereocenters. The molecule has 0 radical (unpaired) electrons. The normalized spacial score (nSPS) is 19.2. The second kappa shape index (κ2) is 5.05. The Morgan fingerprint density at radius 2 is 2.24 bits per heavy atom. The first-order valence-corrected chi connectivity index (χ1v) is 5.58. The van der Waals surface area contributed by atoms with Crippen molar-refractivity contribution in [3.63, 3.8) is 0 Å². The van der Waals surface area contributed by atoms with E-state index in [-0.39, 0.29) is 23.5 Å². The first kappa shape index (κ1) is 11.7. The summed E-state index contributed by atoms with van der Waals surface area (Å²) in [5.41, 5.74) is 0.318. The number of carbonyl (C=O) groups excluding carboxylic acids is 1. The minimum Gasteiger partial charge on any atom is -0.504 e. The van der Waals surface area contributed by atoms with Gasteiger partial charge in [0.15, 0.2) is 11.5 Å². The molecule has 1 aliphatic rings. The molecule has 92 valence electrons. The molecule has 1 amide bonds. The largest absolute Gasteiger partial charge is 0.504 e. The molecule has 5 nitrogen and oxygen atoms in total. The fraction of sp³-hybridized carbons (Fsp3) is 0.417. The maximum absolute atomic E-state index is 11.7. The molecule has 17 heavy (non-hydrogen) atoms. The summed E-state index contributed by atoms with van der Waals surface area (Å²) in [5, 5.41) is 21.1. The highest BCUT2D eigenvalue weighted by atomic mass is 16.5. The lowest BCUT2D eigenvalue weighted by atomic mass is 10.2. The van der Waals surface area contributed by atoms with E-state index in [0.29, 0.717) is 12.1 Å². The van der Waals surface area contributed by atoms with Gasteiger partial charge < -0.3 is 20.3 Å². The molecule has 0 saturated carbocycles. The molecule has 0 bridgehead atoms. The van der Waals surface area contributed by atoms with Crippen molar-refractivity contribution in [2.75, 3.05) is 13.2 Å². The van der Waals surface area contributed by atoms with Crippen LogP contribution in [-0.2, 0) is 4.74 Å². The second-order valence-corrected chi connectivity index (χ2v) is 4.05. The zero-order chi connectivity index (χ0) is 12.3. The molecule has 5 heteroatoms. The van der Waals surface area contributed by atoms with Gasteiger partial charge in [0.25, 0.3) is 5.91 Å². The van der Waals surface area contributed by atoms with Crippen LogP contribution in [0.1, 0.15) is 23.2 Å². The van der Waals surface area contributed by atoms with E-state index >= 15 is 0 Å². The van der Waals surface area contributed by atoms with E-state index in [4.69, 9.17) is 9.84 Å². The standard InChI is InChI=1S/C12H15NO4/c14-10-4-3-8(6-11(10)15)12(16)13-7-9-2-1-5-17-9/h3-4,6,9,14-15H,1-2,5,7H2,(H,13,16). The van der Waals surface area contributed by atoms with Crippen LogP contribution < -0.4 is 5.32 Å². The van der Waals surface area contributed by atoms with E-state index < -0.39 is 0 Å². The molecule has 1 unspecified atom stereocenters. The van der Waals surface area contributed by atoms with E-state index in [1.807, 2.05) is 0 Å². The number of phenols is 2. The van der Waals surface area contributed by atoms with Crippen molar-refractivity contribution >= 4 is 5.91 Å². The van der Waals surface area contributed by atoms with Gasteiger partial charge in [-0.3, -0.25) is 4.79 Å². The van der Waals surface area contributed by atoms with Gasteiger partial charge in [-0.05, 0) is 31.0 Å². The summed E-state index contributed by atoms with van der Waals surface area (Å²) in [6, 6.07) is 3.98. The molecule has 1 aromatic carbocycles. The Labute approximate surface area is 99.0 Å². The van der Waals surface area contributed by atoms with Crippen molar-refractivity contribution in [3.8, 4) is 11.5 Å². The van der Waals surface area contributed by atoms with Crippen LogP contribution in [0.5, 0.6) is 11.5 Å². The number of aromatic hydroxyl groups is 2. The van der Waals surface area contributed by atoms with Crippen molar-refractivity contribution in [2.24, 2.45) is 0 Å². The lowest BCUT2D eigenvalue weighted by Gasteiger charge is -2.11. The first-order valence-electron chi connectivity index (χ1n) is 5.58. The van der Waals surface area contributed by atoms with Crippen LogP contribution >= 0.6 is 0 Å². The van der Waals surface area contributed by atoms with Crippen LogP contribution in [0.3, 0.4) is 0 Å². The van der Waals surface area contributed by atoms with Gasteiger partial charge in [-0.2, -0.15) is 0 Å². The predicted octanol–water partition coefficient (Wildman–Crippen LogP) is 1.01. The summed E-state index contributed by atoms with van der Waals surface area (Å²) in [5.74, 6) is -0.814. The molecule has 1 fully saturated rings. The Balaban J connectivity index is 1.92. The Bertz CT molecular complexity index is 413. The number of ether oxygens (including phenoxy) is 1. The van der Waals surface area contributed by atoms with Crippen molar-refractivity contribution in [2.45, 2.75) is 18.9 Å². The molecule has 0 aliphatic carbocycles. The summed E-state index contributed by atoms with van der Waals surface area (Å²) < 4.78 is 5.38. The molecule has 3 N–H and O–H groups in total. The van der Waals surface area contributed by atoms with E-state index in [9.17, 15) is 9.90 Å². The summed E-state index contributed by atoms with van der Waals surface area (Å²) in [7, 11) is 0. The third-order valence-electron chi connectivity index (χ3n) is 2.75. The predicted molar refractivity (Wildman–Crippen MR) is 61.1 cm³/mol. The number of phenolic OH excluding ortho intramolecular Hbond substituents is 2. The molecule has 2 rings (SSSR count). The number of amides is 1. The number of benzene rings is 1. The molecule has 1 saturated heterocycles. The van der Waals surface area contributed by atoms with Gasteiger partial charge in [-0.25, -0.2) is 0 Å². The highest BCUT2D eigenvalue weighted by Gasteiger charge is 2.17. The third kappa shape index (κ3) is 2.88. The smallest absolute Gasteiger partial charge is 0.251 e. The lowest BCUT2D eigenvalue weighted by molar-refractivity contribution is 0.0857. The van der Waals surface area contributed by atoms with Crippen LogP contribution in [-0.4, -0.2) is 35.4 Å².